The second-order valence-electron chi connectivity index (χ2n) is 6.98. The maximum Gasteiger partial charge on any atom is 0.241 e. The van der Waals surface area contributed by atoms with Crippen molar-refractivity contribution in [3.63, 3.8) is 0 Å². The van der Waals surface area contributed by atoms with Crippen LogP contribution in [-0.2, 0) is 14.6 Å². The second-order valence-corrected chi connectivity index (χ2v) is 9.21. The highest BCUT2D eigenvalue weighted by Crippen LogP contribution is 2.25. The van der Waals surface area contributed by atoms with Gasteiger partial charge < -0.3 is 4.90 Å². The summed E-state index contributed by atoms with van der Waals surface area (Å²) in [6, 6.07) is 9.64. The summed E-state index contributed by atoms with van der Waals surface area (Å²) in [6.45, 7) is 2.71. The summed E-state index contributed by atoms with van der Waals surface area (Å²) in [5.74, 6) is 0.308. The highest BCUT2D eigenvalue weighted by molar-refractivity contribution is 7.91. The van der Waals surface area contributed by atoms with Gasteiger partial charge in [0.1, 0.15) is 6.04 Å². The zero-order valence-corrected chi connectivity index (χ0v) is 15.5. The average Bonchev–Trinajstić information content (AvgIpc) is 3.23. The number of carbonyl (C=O) groups is 1. The molecule has 1 aromatic carbocycles. The minimum atomic E-state index is -3.01. The molecule has 3 atom stereocenters. The molecule has 1 aromatic rings. The van der Waals surface area contributed by atoms with Crippen LogP contribution in [0.2, 0.25) is 0 Å². The largest absolute Gasteiger partial charge is 0.337 e. The summed E-state index contributed by atoms with van der Waals surface area (Å²) in [7, 11) is -3.01. The number of amides is 1. The Labute approximate surface area is 149 Å². The van der Waals surface area contributed by atoms with Crippen LogP contribution in [0.25, 0.3) is 0 Å². The Bertz CT molecular complexity index is 693. The SMILES string of the molecule is CCCCN(C(=O)C1CC(c2ccccc2)NN1)C1CCS(=O)(=O)C1. The van der Waals surface area contributed by atoms with Crippen LogP contribution in [0.4, 0.5) is 0 Å². The zero-order chi connectivity index (χ0) is 17.9. The number of rotatable bonds is 6. The molecule has 0 spiro atoms. The molecule has 0 radical (unpaired) electrons. The molecule has 2 fully saturated rings. The third-order valence-corrected chi connectivity index (χ3v) is 6.84. The van der Waals surface area contributed by atoms with Gasteiger partial charge in [0, 0.05) is 18.6 Å². The minimum absolute atomic E-state index is 0.0153. The summed E-state index contributed by atoms with van der Waals surface area (Å²) < 4.78 is 23.7. The summed E-state index contributed by atoms with van der Waals surface area (Å²) >= 11 is 0. The topological polar surface area (TPSA) is 78.5 Å². The molecule has 138 valence electrons. The molecule has 2 saturated heterocycles. The molecule has 6 nitrogen and oxygen atoms in total. The van der Waals surface area contributed by atoms with Crippen LogP contribution in [0.3, 0.4) is 0 Å². The van der Waals surface area contributed by atoms with Gasteiger partial charge in [0.2, 0.25) is 5.91 Å². The Morgan fingerprint density at radius 1 is 1.24 bits per heavy atom. The summed E-state index contributed by atoms with van der Waals surface area (Å²) in [5.41, 5.74) is 7.47. The van der Waals surface area contributed by atoms with Gasteiger partial charge in [0.25, 0.3) is 0 Å². The van der Waals surface area contributed by atoms with Gasteiger partial charge in [-0.25, -0.2) is 19.3 Å². The Morgan fingerprint density at radius 2 is 2.00 bits per heavy atom. The molecular formula is C18H27N3O3S. The number of hydrazine groups is 1. The number of nitrogens with one attached hydrogen (secondary N) is 2. The van der Waals surface area contributed by atoms with Gasteiger partial charge in [-0.3, -0.25) is 4.79 Å². The maximum absolute atomic E-state index is 13.1. The van der Waals surface area contributed by atoms with Crippen molar-refractivity contribution in [1.29, 1.82) is 0 Å². The van der Waals surface area contributed by atoms with Crippen molar-refractivity contribution in [3.8, 4) is 0 Å². The van der Waals surface area contributed by atoms with Gasteiger partial charge >= 0.3 is 0 Å². The number of hydrogen-bond donors (Lipinski definition) is 2. The van der Waals surface area contributed by atoms with E-state index >= 15 is 0 Å². The Morgan fingerprint density at radius 3 is 2.64 bits per heavy atom. The van der Waals surface area contributed by atoms with Crippen molar-refractivity contribution in [2.24, 2.45) is 0 Å². The van der Waals surface area contributed by atoms with Gasteiger partial charge in [-0.15, -0.1) is 0 Å². The first-order valence-corrected chi connectivity index (χ1v) is 10.9. The van der Waals surface area contributed by atoms with E-state index in [9.17, 15) is 13.2 Å². The lowest BCUT2D eigenvalue weighted by Crippen LogP contribution is -2.50. The number of sulfone groups is 1. The Hall–Kier alpha value is -1.44. The molecular weight excluding hydrogens is 338 g/mol. The van der Waals surface area contributed by atoms with E-state index < -0.39 is 9.84 Å². The molecule has 0 saturated carbocycles. The fourth-order valence-electron chi connectivity index (χ4n) is 3.64. The zero-order valence-electron chi connectivity index (χ0n) is 14.6. The smallest absolute Gasteiger partial charge is 0.241 e. The minimum Gasteiger partial charge on any atom is -0.337 e. The number of carbonyl (C=O) groups excluding carboxylic acids is 1. The first-order valence-electron chi connectivity index (χ1n) is 9.07. The van der Waals surface area contributed by atoms with Crippen molar-refractivity contribution in [2.45, 2.75) is 50.7 Å². The van der Waals surface area contributed by atoms with Crippen LogP contribution in [0.15, 0.2) is 30.3 Å². The van der Waals surface area contributed by atoms with Gasteiger partial charge in [0.15, 0.2) is 9.84 Å². The molecule has 7 heteroatoms. The van der Waals surface area contributed by atoms with Crippen molar-refractivity contribution in [1.82, 2.24) is 15.8 Å². The second kappa shape index (κ2) is 7.85. The fraction of sp³-hybridized carbons (Fsp3) is 0.611. The lowest BCUT2D eigenvalue weighted by Gasteiger charge is -2.30. The van der Waals surface area contributed by atoms with Crippen molar-refractivity contribution >= 4 is 15.7 Å². The van der Waals surface area contributed by atoms with Gasteiger partial charge in [-0.2, -0.15) is 0 Å². The summed E-state index contributed by atoms with van der Waals surface area (Å²) in [6.07, 6.45) is 3.10. The molecule has 25 heavy (non-hydrogen) atoms. The highest BCUT2D eigenvalue weighted by Gasteiger charge is 2.39. The van der Waals surface area contributed by atoms with Crippen LogP contribution < -0.4 is 10.9 Å². The van der Waals surface area contributed by atoms with E-state index in [2.05, 4.69) is 17.8 Å². The lowest BCUT2D eigenvalue weighted by molar-refractivity contribution is -0.135. The predicted octanol–water partition coefficient (Wildman–Crippen LogP) is 1.41. The summed E-state index contributed by atoms with van der Waals surface area (Å²) in [5, 5.41) is 0. The quantitative estimate of drug-likeness (QED) is 0.797. The average molecular weight is 365 g/mol. The number of benzene rings is 1. The molecule has 2 aliphatic heterocycles. The predicted molar refractivity (Wildman–Crippen MR) is 97.5 cm³/mol. The molecule has 0 bridgehead atoms. The van der Waals surface area contributed by atoms with Crippen LogP contribution in [0, 0.1) is 0 Å². The monoisotopic (exact) mass is 365 g/mol. The Kier molecular flexibility index (Phi) is 5.76. The molecule has 1 amide bonds. The van der Waals surface area contributed by atoms with E-state index in [4.69, 9.17) is 0 Å². The number of hydrogen-bond acceptors (Lipinski definition) is 5. The van der Waals surface area contributed by atoms with Gasteiger partial charge in [0.05, 0.1) is 11.5 Å². The van der Waals surface area contributed by atoms with E-state index in [1.807, 2.05) is 30.3 Å². The van der Waals surface area contributed by atoms with Crippen LogP contribution in [0.5, 0.6) is 0 Å². The van der Waals surface area contributed by atoms with Gasteiger partial charge in [-0.1, -0.05) is 43.7 Å². The van der Waals surface area contributed by atoms with E-state index in [1.54, 1.807) is 4.90 Å². The third kappa shape index (κ3) is 4.40. The number of unbranched alkanes of at least 4 members (excludes halogenated alkanes) is 1. The first kappa shape index (κ1) is 18.4. The third-order valence-electron chi connectivity index (χ3n) is 5.09. The molecule has 3 unspecified atom stereocenters. The van der Waals surface area contributed by atoms with E-state index in [-0.39, 0.29) is 35.5 Å². The van der Waals surface area contributed by atoms with Crippen molar-refractivity contribution in [3.05, 3.63) is 35.9 Å². The molecule has 0 aromatic heterocycles. The lowest BCUT2D eigenvalue weighted by atomic mass is 10.0. The highest BCUT2D eigenvalue weighted by atomic mass is 32.2. The normalized spacial score (nSPS) is 28.1. The fourth-order valence-corrected chi connectivity index (χ4v) is 5.38. The van der Waals surface area contributed by atoms with Crippen LogP contribution in [0.1, 0.15) is 44.2 Å². The van der Waals surface area contributed by atoms with Crippen molar-refractivity contribution < 1.29 is 13.2 Å². The molecule has 2 aliphatic rings. The molecule has 2 heterocycles. The van der Waals surface area contributed by atoms with Crippen LogP contribution >= 0.6 is 0 Å². The molecule has 2 N–H and O–H groups in total. The van der Waals surface area contributed by atoms with E-state index in [0.717, 1.165) is 18.4 Å². The Balaban J connectivity index is 1.68. The number of nitrogens with zero attached hydrogens (tertiary/aromatic N) is 1. The van der Waals surface area contributed by atoms with E-state index in [0.29, 0.717) is 19.4 Å². The first-order chi connectivity index (χ1) is 12.0. The molecule has 0 aliphatic carbocycles. The van der Waals surface area contributed by atoms with Gasteiger partial charge in [-0.05, 0) is 24.8 Å². The van der Waals surface area contributed by atoms with E-state index in [1.165, 1.54) is 0 Å². The van der Waals surface area contributed by atoms with Crippen molar-refractivity contribution in [2.75, 3.05) is 18.1 Å². The van der Waals surface area contributed by atoms with Crippen LogP contribution in [-0.4, -0.2) is 49.4 Å². The molecule has 3 rings (SSSR count). The standard InChI is InChI=1S/C18H27N3O3S/c1-2-3-10-21(15-9-11-25(23,24)13-15)18(22)17-12-16(19-20-17)14-7-5-4-6-8-14/h4-8,15-17,19-20H,2-3,9-13H2,1H3. The summed E-state index contributed by atoms with van der Waals surface area (Å²) in [4.78, 5) is 14.9. The maximum atomic E-state index is 13.1.